The van der Waals surface area contributed by atoms with E-state index in [0.29, 0.717) is 6.07 Å². The lowest BCUT2D eigenvalue weighted by molar-refractivity contribution is -0.137. The van der Waals surface area contributed by atoms with Gasteiger partial charge < -0.3 is 0 Å². The lowest BCUT2D eigenvalue weighted by Crippen LogP contribution is -2.08. The number of halogens is 3. The van der Waals surface area contributed by atoms with Crippen LogP contribution < -0.4 is 0 Å². The van der Waals surface area contributed by atoms with E-state index in [-0.39, 0.29) is 12.0 Å². The van der Waals surface area contributed by atoms with Crippen molar-refractivity contribution in [3.05, 3.63) is 39.8 Å². The third-order valence-corrected chi connectivity index (χ3v) is 1.63. The van der Waals surface area contributed by atoms with Gasteiger partial charge in [0.25, 0.3) is 0 Å². The highest BCUT2D eigenvalue weighted by atomic mass is 19.4. The normalized spacial score (nSPS) is 10.6. The van der Waals surface area contributed by atoms with Crippen molar-refractivity contribution >= 4 is 12.0 Å². The van der Waals surface area contributed by atoms with Crippen molar-refractivity contribution in [3.63, 3.8) is 0 Å². The molecule has 7 heteroatoms. The van der Waals surface area contributed by atoms with Crippen molar-refractivity contribution in [2.45, 2.75) is 6.18 Å². The van der Waals surface area contributed by atoms with E-state index in [2.05, 4.69) is 10.0 Å². The fraction of sp³-hybridized carbons (Fsp3) is 0.125. The molecule has 0 amide bonds. The molecule has 0 fully saturated rings. The number of nitrogens with zero attached hydrogens (tertiary/aromatic N) is 3. The van der Waals surface area contributed by atoms with Gasteiger partial charge >= 0.3 is 6.18 Å². The minimum atomic E-state index is -4.64. The summed E-state index contributed by atoms with van der Waals surface area (Å²) in [5, 5.41) is 3.02. The molecule has 78 valence electrons. The first-order valence-electron chi connectivity index (χ1n) is 3.70. The molecule has 0 atom stereocenters. The molecule has 0 aliphatic rings. The number of alkyl halides is 3. The topological polar surface area (TPSA) is 65.8 Å². The highest BCUT2D eigenvalue weighted by Gasteiger charge is 2.33. The fourth-order valence-electron chi connectivity index (χ4n) is 1.01. The first-order chi connectivity index (χ1) is 6.99. The Morgan fingerprint density at radius 3 is 2.53 bits per heavy atom. The molecule has 4 nitrogen and oxygen atoms in total. The summed E-state index contributed by atoms with van der Waals surface area (Å²) < 4.78 is 37.1. The highest BCUT2D eigenvalue weighted by Crippen LogP contribution is 2.33. The van der Waals surface area contributed by atoms with Crippen LogP contribution in [0.1, 0.15) is 15.9 Å². The van der Waals surface area contributed by atoms with Crippen molar-refractivity contribution in [1.82, 2.24) is 0 Å². The lowest BCUT2D eigenvalue weighted by atomic mass is 10.1. The van der Waals surface area contributed by atoms with E-state index in [1.807, 2.05) is 0 Å². The second-order valence-corrected chi connectivity index (χ2v) is 2.58. The van der Waals surface area contributed by atoms with Crippen LogP contribution in [0.2, 0.25) is 0 Å². The molecular formula is C8H4F3N3O. The Labute approximate surface area is 82.0 Å². The van der Waals surface area contributed by atoms with Gasteiger partial charge in [-0.25, -0.2) is 0 Å². The van der Waals surface area contributed by atoms with E-state index < -0.39 is 17.3 Å². The molecule has 1 aromatic rings. The van der Waals surface area contributed by atoms with Gasteiger partial charge in [0.2, 0.25) is 0 Å². The zero-order valence-electron chi connectivity index (χ0n) is 7.19. The van der Waals surface area contributed by atoms with Gasteiger partial charge in [-0.15, -0.1) is 0 Å². The molecule has 0 saturated heterocycles. The number of benzene rings is 1. The smallest absolute Gasteiger partial charge is 0.298 e. The van der Waals surface area contributed by atoms with Crippen molar-refractivity contribution < 1.29 is 18.0 Å². The Hall–Kier alpha value is -2.01. The maximum atomic E-state index is 12.4. The summed E-state index contributed by atoms with van der Waals surface area (Å²) in [6, 6.07) is 2.72. The molecule has 0 N–H and O–H groups in total. The Morgan fingerprint density at radius 1 is 1.40 bits per heavy atom. The van der Waals surface area contributed by atoms with Crippen LogP contribution in [0.25, 0.3) is 10.4 Å². The van der Waals surface area contributed by atoms with Gasteiger partial charge in [-0.1, -0.05) is 17.2 Å². The van der Waals surface area contributed by atoms with Crippen LogP contribution in [0.15, 0.2) is 23.3 Å². The molecule has 0 heterocycles. The molecule has 0 aliphatic carbocycles. The second kappa shape index (κ2) is 4.02. The van der Waals surface area contributed by atoms with Crippen LogP contribution in [0, 0.1) is 0 Å². The number of hydrogen-bond donors (Lipinski definition) is 0. The number of carbonyl (C=O) groups is 1. The zero-order chi connectivity index (χ0) is 11.5. The molecule has 1 aromatic carbocycles. The van der Waals surface area contributed by atoms with E-state index in [1.165, 1.54) is 0 Å². The summed E-state index contributed by atoms with van der Waals surface area (Å²) in [7, 11) is 0. The molecule has 0 aliphatic heterocycles. The van der Waals surface area contributed by atoms with Crippen molar-refractivity contribution in [2.75, 3.05) is 0 Å². The van der Waals surface area contributed by atoms with Crippen LogP contribution >= 0.6 is 0 Å². The summed E-state index contributed by atoms with van der Waals surface area (Å²) in [6.07, 6.45) is -4.54. The van der Waals surface area contributed by atoms with Gasteiger partial charge in [-0.05, 0) is 11.6 Å². The molecule has 0 saturated carbocycles. The predicted molar refractivity (Wildman–Crippen MR) is 45.6 cm³/mol. The zero-order valence-corrected chi connectivity index (χ0v) is 7.19. The Bertz CT molecular complexity index is 435. The number of hydrogen-bond acceptors (Lipinski definition) is 2. The molecule has 0 radical (unpaired) electrons. The average molecular weight is 215 g/mol. The van der Waals surface area contributed by atoms with Crippen molar-refractivity contribution in [1.29, 1.82) is 0 Å². The third-order valence-electron chi connectivity index (χ3n) is 1.63. The van der Waals surface area contributed by atoms with Gasteiger partial charge in [0.1, 0.15) is 0 Å². The molecule has 0 spiro atoms. The van der Waals surface area contributed by atoms with Crippen LogP contribution in [-0.2, 0) is 6.18 Å². The first-order valence-corrected chi connectivity index (χ1v) is 3.70. The molecule has 0 bridgehead atoms. The van der Waals surface area contributed by atoms with Crippen LogP contribution in [0.3, 0.4) is 0 Å². The van der Waals surface area contributed by atoms with Gasteiger partial charge in [0, 0.05) is 16.2 Å². The van der Waals surface area contributed by atoms with Crippen molar-refractivity contribution in [3.8, 4) is 0 Å². The van der Waals surface area contributed by atoms with E-state index >= 15 is 0 Å². The largest absolute Gasteiger partial charge is 0.417 e. The van der Waals surface area contributed by atoms with Gasteiger partial charge in [0.05, 0.1) is 5.56 Å². The monoisotopic (exact) mass is 215 g/mol. The van der Waals surface area contributed by atoms with E-state index in [0.717, 1.165) is 12.1 Å². The first kappa shape index (κ1) is 11.1. The second-order valence-electron chi connectivity index (χ2n) is 2.58. The van der Waals surface area contributed by atoms with Crippen LogP contribution in [-0.4, -0.2) is 6.29 Å². The Balaban J connectivity index is 3.37. The minimum absolute atomic E-state index is 0.0999. The summed E-state index contributed by atoms with van der Waals surface area (Å²) in [5.74, 6) is 0. The number of rotatable bonds is 2. The molecular weight excluding hydrogens is 211 g/mol. The van der Waals surface area contributed by atoms with Crippen LogP contribution in [0.5, 0.6) is 0 Å². The lowest BCUT2D eigenvalue weighted by Gasteiger charge is -2.09. The van der Waals surface area contributed by atoms with Gasteiger partial charge in [-0.3, -0.25) is 4.79 Å². The van der Waals surface area contributed by atoms with E-state index in [4.69, 9.17) is 5.53 Å². The molecule has 1 rings (SSSR count). The summed E-state index contributed by atoms with van der Waals surface area (Å²) in [5.41, 5.74) is 6.27. The quantitative estimate of drug-likeness (QED) is 0.322. The van der Waals surface area contributed by atoms with Crippen molar-refractivity contribution in [2.24, 2.45) is 5.11 Å². The maximum Gasteiger partial charge on any atom is 0.417 e. The Kier molecular flexibility index (Phi) is 2.96. The molecule has 0 unspecified atom stereocenters. The summed E-state index contributed by atoms with van der Waals surface area (Å²) in [4.78, 5) is 12.7. The SMILES string of the molecule is [N-]=[N+]=Nc1ccc(C=O)c(C(F)(F)F)c1. The number of aldehydes is 1. The number of carbonyl (C=O) groups excluding carboxylic acids is 1. The fourth-order valence-corrected chi connectivity index (χ4v) is 1.01. The summed E-state index contributed by atoms with van der Waals surface area (Å²) >= 11 is 0. The van der Waals surface area contributed by atoms with E-state index in [9.17, 15) is 18.0 Å². The standard InChI is InChI=1S/C8H4F3N3O/c9-8(10,11)7-3-6(13-14-12)2-1-5(7)4-15/h1-4H. The van der Waals surface area contributed by atoms with Gasteiger partial charge in [0.15, 0.2) is 6.29 Å². The average Bonchev–Trinajstić information content (AvgIpc) is 2.17. The van der Waals surface area contributed by atoms with Crippen LogP contribution in [0.4, 0.5) is 18.9 Å². The van der Waals surface area contributed by atoms with Gasteiger partial charge in [-0.2, -0.15) is 13.2 Å². The van der Waals surface area contributed by atoms with E-state index in [1.54, 1.807) is 0 Å². The summed E-state index contributed by atoms with van der Waals surface area (Å²) in [6.45, 7) is 0. The maximum absolute atomic E-state index is 12.4. The number of azide groups is 1. The highest BCUT2D eigenvalue weighted by molar-refractivity contribution is 5.78. The molecule has 15 heavy (non-hydrogen) atoms. The Morgan fingerprint density at radius 2 is 2.07 bits per heavy atom. The predicted octanol–water partition coefficient (Wildman–Crippen LogP) is 3.46. The molecule has 0 aromatic heterocycles. The third kappa shape index (κ3) is 2.47. The minimum Gasteiger partial charge on any atom is -0.298 e.